The smallest absolute Gasteiger partial charge is 0.263 e. The van der Waals surface area contributed by atoms with Crippen LogP contribution in [-0.2, 0) is 5.41 Å². The van der Waals surface area contributed by atoms with E-state index in [1.54, 1.807) is 0 Å². The highest BCUT2D eigenvalue weighted by Gasteiger charge is 2.35. The molecule has 1 aliphatic rings. The van der Waals surface area contributed by atoms with Gasteiger partial charge in [0.05, 0.1) is 27.8 Å². The van der Waals surface area contributed by atoms with Gasteiger partial charge in [0.25, 0.3) is 5.56 Å². The normalized spacial score (nSPS) is 13.5. The van der Waals surface area contributed by atoms with Gasteiger partial charge in [-0.1, -0.05) is 129 Å². The van der Waals surface area contributed by atoms with Crippen LogP contribution in [0.1, 0.15) is 25.0 Å². The van der Waals surface area contributed by atoms with Gasteiger partial charge < -0.3 is 0 Å². The second kappa shape index (κ2) is 9.99. The summed E-state index contributed by atoms with van der Waals surface area (Å²) in [5, 5.41) is 8.09. The summed E-state index contributed by atoms with van der Waals surface area (Å²) in [5.74, 6) is 0.576. The Hall–Kier alpha value is -6.59. The Morgan fingerprint density at radius 3 is 1.82 bits per heavy atom. The quantitative estimate of drug-likeness (QED) is 0.174. The van der Waals surface area contributed by atoms with E-state index in [4.69, 9.17) is 9.97 Å². The molecule has 51 heavy (non-hydrogen) atoms. The molecule has 0 atom stereocenters. The fourth-order valence-corrected chi connectivity index (χ4v) is 8.90. The molecule has 3 aromatic heterocycles. The largest absolute Gasteiger partial charge is 0.276 e. The number of hydrogen-bond acceptors (Lipinski definition) is 3. The summed E-state index contributed by atoms with van der Waals surface area (Å²) >= 11 is 0. The number of para-hydroxylation sites is 2. The van der Waals surface area contributed by atoms with Gasteiger partial charge in [-0.15, -0.1) is 0 Å². The molecule has 1 aliphatic carbocycles. The van der Waals surface area contributed by atoms with Crippen molar-refractivity contribution in [2.45, 2.75) is 19.3 Å². The molecule has 7 aromatic carbocycles. The van der Waals surface area contributed by atoms with E-state index in [9.17, 15) is 4.79 Å². The first-order valence-electron chi connectivity index (χ1n) is 17.4. The minimum Gasteiger partial charge on any atom is -0.276 e. The van der Waals surface area contributed by atoms with Crippen molar-refractivity contribution in [2.24, 2.45) is 0 Å². The molecule has 3 heterocycles. The molecule has 0 N–H and O–H groups in total. The summed E-state index contributed by atoms with van der Waals surface area (Å²) in [4.78, 5) is 25.7. The molecular formula is C46H30N4O. The number of rotatable bonds is 2. The van der Waals surface area contributed by atoms with Crippen molar-refractivity contribution in [3.63, 3.8) is 0 Å². The van der Waals surface area contributed by atoms with Gasteiger partial charge in [-0.3, -0.25) is 13.9 Å². The van der Waals surface area contributed by atoms with E-state index in [-0.39, 0.29) is 11.0 Å². The monoisotopic (exact) mass is 654 g/mol. The van der Waals surface area contributed by atoms with Gasteiger partial charge in [-0.2, -0.15) is 0 Å². The van der Waals surface area contributed by atoms with Gasteiger partial charge in [-0.25, -0.2) is 9.97 Å². The maximum atomic E-state index is 14.8. The van der Waals surface area contributed by atoms with Gasteiger partial charge in [0.2, 0.25) is 5.95 Å². The predicted octanol–water partition coefficient (Wildman–Crippen LogP) is 10.6. The van der Waals surface area contributed by atoms with Gasteiger partial charge in [-0.05, 0) is 57.6 Å². The standard InChI is InChI=1S/C46H30N4O/c1-46(2)34-23-12-10-21-32(34)41-40-35(46)24-14-25-36(40)47-45(48-41)50-37-26-13-11-22-33(37)39-29-18-7-6-17-28(29)38-30-19-8-9-20-31(30)44(51)49(42(38)43(39)50)27-15-4-3-5-16-27/h3-26H,1-2H3. The first-order chi connectivity index (χ1) is 25.0. The van der Waals surface area contributed by atoms with Gasteiger partial charge in [0.15, 0.2) is 0 Å². The van der Waals surface area contributed by atoms with Crippen LogP contribution in [0.3, 0.4) is 0 Å². The molecule has 0 amide bonds. The summed E-state index contributed by atoms with van der Waals surface area (Å²) < 4.78 is 4.11. The third kappa shape index (κ3) is 3.62. The number of nitrogens with zero attached hydrogens (tertiary/aromatic N) is 4. The van der Waals surface area contributed by atoms with Crippen molar-refractivity contribution in [3.05, 3.63) is 167 Å². The highest BCUT2D eigenvalue weighted by molar-refractivity contribution is 6.35. The number of aromatic nitrogens is 4. The molecule has 0 fully saturated rings. The first-order valence-corrected chi connectivity index (χ1v) is 17.4. The lowest BCUT2D eigenvalue weighted by Crippen LogP contribution is -2.24. The average Bonchev–Trinajstić information content (AvgIpc) is 3.53. The second-order valence-electron chi connectivity index (χ2n) is 14.1. The average molecular weight is 655 g/mol. The minimum absolute atomic E-state index is 0.0620. The van der Waals surface area contributed by atoms with Crippen molar-refractivity contribution < 1.29 is 0 Å². The Labute approximate surface area is 292 Å². The van der Waals surface area contributed by atoms with Crippen molar-refractivity contribution >= 4 is 65.2 Å². The molecule has 11 rings (SSSR count). The Balaban J connectivity index is 1.43. The van der Waals surface area contributed by atoms with E-state index >= 15 is 0 Å². The van der Waals surface area contributed by atoms with E-state index in [2.05, 4.69) is 115 Å². The van der Waals surface area contributed by atoms with Crippen LogP contribution in [0.2, 0.25) is 0 Å². The predicted molar refractivity (Wildman–Crippen MR) is 210 cm³/mol. The number of pyridine rings is 1. The molecule has 0 spiro atoms. The van der Waals surface area contributed by atoms with Crippen molar-refractivity contribution in [1.82, 2.24) is 19.1 Å². The maximum absolute atomic E-state index is 14.8. The van der Waals surface area contributed by atoms with E-state index in [1.165, 1.54) is 11.1 Å². The SMILES string of the molecule is CC1(C)c2ccccc2-c2nc(-n3c4ccccc4c4c5ccccc5c5c6ccccc6c(=O)n(-c6ccccc6)c5c43)nc3cccc1c23. The molecule has 0 unspecified atom stereocenters. The molecule has 10 aromatic rings. The summed E-state index contributed by atoms with van der Waals surface area (Å²) in [6.07, 6.45) is 0. The topological polar surface area (TPSA) is 52.7 Å². The summed E-state index contributed by atoms with van der Waals surface area (Å²) in [6.45, 7) is 4.57. The van der Waals surface area contributed by atoms with Crippen LogP contribution in [0, 0.1) is 0 Å². The number of fused-ring (bicyclic) bond motifs is 12. The highest BCUT2D eigenvalue weighted by Crippen LogP contribution is 2.49. The minimum atomic E-state index is -0.206. The lowest BCUT2D eigenvalue weighted by atomic mass is 9.70. The summed E-state index contributed by atoms with van der Waals surface area (Å²) in [7, 11) is 0. The molecular weight excluding hydrogens is 625 g/mol. The first kappa shape index (κ1) is 28.3. The Morgan fingerprint density at radius 1 is 0.490 bits per heavy atom. The van der Waals surface area contributed by atoms with Gasteiger partial charge in [0, 0.05) is 43.6 Å². The lowest BCUT2D eigenvalue weighted by molar-refractivity contribution is 0.643. The molecule has 5 heteroatoms. The van der Waals surface area contributed by atoms with Crippen molar-refractivity contribution in [3.8, 4) is 22.9 Å². The zero-order chi connectivity index (χ0) is 34.0. The van der Waals surface area contributed by atoms with Crippen LogP contribution in [0.4, 0.5) is 0 Å². The fraction of sp³-hybridized carbons (Fsp3) is 0.0652. The molecule has 0 saturated carbocycles. The van der Waals surface area contributed by atoms with E-state index < -0.39 is 0 Å². The van der Waals surface area contributed by atoms with Crippen LogP contribution in [-0.4, -0.2) is 19.1 Å². The molecule has 5 nitrogen and oxygen atoms in total. The van der Waals surface area contributed by atoms with E-state index in [1.807, 2.05) is 53.1 Å². The van der Waals surface area contributed by atoms with Crippen LogP contribution in [0.5, 0.6) is 0 Å². The van der Waals surface area contributed by atoms with Crippen molar-refractivity contribution in [1.29, 1.82) is 0 Å². The highest BCUT2D eigenvalue weighted by atomic mass is 16.1. The third-order valence-corrected chi connectivity index (χ3v) is 11.1. The lowest BCUT2D eigenvalue weighted by Gasteiger charge is -2.34. The zero-order valence-electron chi connectivity index (χ0n) is 28.1. The molecule has 0 saturated heterocycles. The van der Waals surface area contributed by atoms with Gasteiger partial charge in [0.1, 0.15) is 0 Å². The molecule has 240 valence electrons. The third-order valence-electron chi connectivity index (χ3n) is 11.1. The van der Waals surface area contributed by atoms with Crippen molar-refractivity contribution in [2.75, 3.05) is 0 Å². The number of hydrogen-bond donors (Lipinski definition) is 0. The van der Waals surface area contributed by atoms with Crippen LogP contribution in [0.15, 0.2) is 150 Å². The maximum Gasteiger partial charge on any atom is 0.263 e. The Bertz CT molecular complexity index is 3190. The summed E-state index contributed by atoms with van der Waals surface area (Å²) in [5.41, 5.74) is 8.69. The number of benzene rings is 7. The summed E-state index contributed by atoms with van der Waals surface area (Å²) in [6, 6.07) is 50.1. The fourth-order valence-electron chi connectivity index (χ4n) is 8.90. The molecule has 0 radical (unpaired) electrons. The Morgan fingerprint density at radius 2 is 1.06 bits per heavy atom. The van der Waals surface area contributed by atoms with Crippen LogP contribution >= 0.6 is 0 Å². The van der Waals surface area contributed by atoms with Crippen LogP contribution in [0.25, 0.3) is 88.0 Å². The van der Waals surface area contributed by atoms with Gasteiger partial charge >= 0.3 is 0 Å². The zero-order valence-corrected chi connectivity index (χ0v) is 28.1. The van der Waals surface area contributed by atoms with E-state index in [0.29, 0.717) is 11.3 Å². The molecule has 0 bridgehead atoms. The molecule has 0 aliphatic heterocycles. The Kier molecular flexibility index (Phi) is 5.54. The van der Waals surface area contributed by atoms with Crippen LogP contribution < -0.4 is 5.56 Å². The van der Waals surface area contributed by atoms with E-state index in [0.717, 1.165) is 76.7 Å². The second-order valence-corrected chi connectivity index (χ2v) is 14.1.